The van der Waals surface area contributed by atoms with E-state index in [1.54, 1.807) is 60.7 Å². The van der Waals surface area contributed by atoms with Gasteiger partial charge in [0.25, 0.3) is 0 Å². The van der Waals surface area contributed by atoms with Gasteiger partial charge in [-0.15, -0.1) is 0 Å². The summed E-state index contributed by atoms with van der Waals surface area (Å²) >= 11 is 6.39. The van der Waals surface area contributed by atoms with Gasteiger partial charge < -0.3 is 15.3 Å². The molecule has 6 atom stereocenters. The Bertz CT molecular complexity index is 1770. The molecule has 0 bridgehead atoms. The molecule has 0 aromatic heterocycles. The fraction of sp³-hybridized carbons (Fsp3) is 0.333. The smallest absolute Gasteiger partial charge is 0.234 e. The summed E-state index contributed by atoms with van der Waals surface area (Å²) in [6.07, 6.45) is 3.36. The van der Waals surface area contributed by atoms with Crippen molar-refractivity contribution in [1.29, 1.82) is 0 Å². The van der Waals surface area contributed by atoms with Crippen LogP contribution in [0.25, 0.3) is 0 Å². The minimum atomic E-state index is -0.784. The predicted molar refractivity (Wildman–Crippen MR) is 168 cm³/mol. The molecular formula is C36H33ClN2O7. The van der Waals surface area contributed by atoms with Gasteiger partial charge in [-0.1, -0.05) is 47.5 Å². The lowest BCUT2D eigenvalue weighted by molar-refractivity contribution is -0.142. The first-order valence-corrected chi connectivity index (χ1v) is 15.9. The molecule has 4 amide bonds. The van der Waals surface area contributed by atoms with E-state index in [-0.39, 0.29) is 60.4 Å². The Kier molecular flexibility index (Phi) is 7.59. The first-order valence-electron chi connectivity index (χ1n) is 15.6. The van der Waals surface area contributed by atoms with Crippen molar-refractivity contribution in [1.82, 2.24) is 9.80 Å². The number of halogens is 1. The summed E-state index contributed by atoms with van der Waals surface area (Å²) in [5.41, 5.74) is 2.97. The zero-order valence-electron chi connectivity index (χ0n) is 24.9. The summed E-state index contributed by atoms with van der Waals surface area (Å²) in [4.78, 5) is 58.3. The highest BCUT2D eigenvalue weighted by Gasteiger charge is 2.62. The number of hydrogen-bond acceptors (Lipinski definition) is 7. The van der Waals surface area contributed by atoms with Gasteiger partial charge in [0.05, 0.1) is 23.7 Å². The molecule has 0 unspecified atom stereocenters. The van der Waals surface area contributed by atoms with Gasteiger partial charge in [0.2, 0.25) is 23.6 Å². The lowest BCUT2D eigenvalue weighted by atomic mass is 9.57. The van der Waals surface area contributed by atoms with E-state index in [1.807, 2.05) is 6.08 Å². The Morgan fingerprint density at radius 1 is 0.652 bits per heavy atom. The van der Waals surface area contributed by atoms with Crippen LogP contribution in [0.3, 0.4) is 0 Å². The van der Waals surface area contributed by atoms with Crippen molar-refractivity contribution in [3.63, 3.8) is 0 Å². The fourth-order valence-electron chi connectivity index (χ4n) is 8.09. The molecule has 236 valence electrons. The number of imide groups is 2. The van der Waals surface area contributed by atoms with E-state index in [4.69, 9.17) is 11.6 Å². The second kappa shape index (κ2) is 11.6. The summed E-state index contributed by atoms with van der Waals surface area (Å²) in [5, 5.41) is 30.7. The molecule has 46 heavy (non-hydrogen) atoms. The molecule has 4 aliphatic rings. The van der Waals surface area contributed by atoms with Gasteiger partial charge in [0.1, 0.15) is 17.2 Å². The molecule has 2 aliphatic heterocycles. The van der Waals surface area contributed by atoms with E-state index in [0.717, 1.165) is 16.7 Å². The highest BCUT2D eigenvalue weighted by Crippen LogP contribution is 2.59. The number of amides is 4. The Labute approximate surface area is 270 Å². The van der Waals surface area contributed by atoms with Crippen LogP contribution in [0.1, 0.15) is 35.4 Å². The highest BCUT2D eigenvalue weighted by atomic mass is 35.5. The normalized spacial score (nSPS) is 27.0. The topological polar surface area (TPSA) is 135 Å². The molecule has 9 nitrogen and oxygen atoms in total. The first-order chi connectivity index (χ1) is 22.1. The van der Waals surface area contributed by atoms with Crippen LogP contribution < -0.4 is 0 Å². The van der Waals surface area contributed by atoms with Crippen molar-refractivity contribution >= 4 is 35.2 Å². The van der Waals surface area contributed by atoms with Crippen molar-refractivity contribution < 1.29 is 34.5 Å². The van der Waals surface area contributed by atoms with E-state index in [0.29, 0.717) is 29.8 Å². The maximum absolute atomic E-state index is 14.1. The monoisotopic (exact) mass is 640 g/mol. The molecule has 2 aliphatic carbocycles. The molecule has 10 heteroatoms. The molecular weight excluding hydrogens is 608 g/mol. The largest absolute Gasteiger partial charge is 0.508 e. The average molecular weight is 641 g/mol. The van der Waals surface area contributed by atoms with Crippen molar-refractivity contribution in [2.75, 3.05) is 13.1 Å². The summed E-state index contributed by atoms with van der Waals surface area (Å²) in [5.74, 6) is -4.86. The molecule has 3 N–H and O–H groups in total. The SMILES string of the molecule is O=C1[C@H]2[C@H](CC=C3[C@H]2C[C@H]2C(=O)N(CCc4ccc(O)cc4)C(=O)[C@H]2[C@H]3c2cc(Cl)ccc2O)C(=O)N1CCc1ccc(O)cc1. The number of likely N-dealkylation sites (tertiary alicyclic amines) is 2. The van der Waals surface area contributed by atoms with Crippen LogP contribution >= 0.6 is 11.6 Å². The summed E-state index contributed by atoms with van der Waals surface area (Å²) < 4.78 is 0. The molecule has 3 aromatic rings. The molecule has 3 fully saturated rings. The third-order valence-corrected chi connectivity index (χ3v) is 10.5. The molecule has 0 radical (unpaired) electrons. The van der Waals surface area contributed by atoms with Gasteiger partial charge in [-0.3, -0.25) is 29.0 Å². The molecule has 0 spiro atoms. The molecule has 2 saturated heterocycles. The summed E-state index contributed by atoms with van der Waals surface area (Å²) in [6.45, 7) is 0.354. The molecule has 1 saturated carbocycles. The standard InChI is InChI=1S/C36H33ClN2O7/c37-21-5-12-29(42)27(17-21)30-24-10-11-25-31(35(45)38(33(25)43)15-13-19-1-6-22(40)7-2-19)26(24)18-28-32(30)36(46)39(34(28)44)16-14-20-3-8-23(41)9-4-20/h1-10,12,17,25-26,28,30-32,40-42H,11,13-16,18H2/t25-,26+,28+,30+,31-,32+/m0/s1. The Morgan fingerprint density at radius 2 is 1.20 bits per heavy atom. The van der Waals surface area contributed by atoms with Crippen LogP contribution in [0.2, 0.25) is 5.02 Å². The highest BCUT2D eigenvalue weighted by molar-refractivity contribution is 6.30. The minimum Gasteiger partial charge on any atom is -0.508 e. The maximum atomic E-state index is 14.1. The van der Waals surface area contributed by atoms with Crippen molar-refractivity contribution in [3.8, 4) is 17.2 Å². The first kappa shape index (κ1) is 30.0. The van der Waals surface area contributed by atoms with Gasteiger partial charge in [0, 0.05) is 29.6 Å². The second-order valence-corrected chi connectivity index (χ2v) is 13.2. The molecule has 3 aromatic carbocycles. The van der Waals surface area contributed by atoms with Gasteiger partial charge in [-0.2, -0.15) is 0 Å². The fourth-order valence-corrected chi connectivity index (χ4v) is 8.27. The number of carbonyl (C=O) groups is 4. The number of phenolic OH excluding ortho intramolecular Hbond substituents is 3. The van der Waals surface area contributed by atoms with Gasteiger partial charge in [-0.25, -0.2) is 0 Å². The maximum Gasteiger partial charge on any atom is 0.234 e. The zero-order chi connectivity index (χ0) is 32.3. The summed E-state index contributed by atoms with van der Waals surface area (Å²) in [7, 11) is 0. The Balaban J connectivity index is 1.21. The van der Waals surface area contributed by atoms with Crippen LogP contribution in [0, 0.1) is 29.6 Å². The van der Waals surface area contributed by atoms with Gasteiger partial charge >= 0.3 is 0 Å². The van der Waals surface area contributed by atoms with Crippen LogP contribution in [0.4, 0.5) is 0 Å². The molecule has 7 rings (SSSR count). The van der Waals surface area contributed by atoms with E-state index in [1.165, 1.54) is 15.9 Å². The number of fused-ring (bicyclic) bond motifs is 4. The van der Waals surface area contributed by atoms with Gasteiger partial charge in [-0.05, 0) is 85.2 Å². The van der Waals surface area contributed by atoms with Crippen LogP contribution in [-0.4, -0.2) is 61.8 Å². The summed E-state index contributed by atoms with van der Waals surface area (Å²) in [6, 6.07) is 17.9. The lowest BCUT2D eigenvalue weighted by Crippen LogP contribution is -2.43. The Morgan fingerprint density at radius 3 is 1.78 bits per heavy atom. The number of rotatable bonds is 7. The number of benzene rings is 3. The van der Waals surface area contributed by atoms with Crippen LogP contribution in [-0.2, 0) is 32.0 Å². The number of hydrogen-bond donors (Lipinski definition) is 3. The predicted octanol–water partition coefficient (Wildman–Crippen LogP) is 4.58. The number of nitrogens with zero attached hydrogens (tertiary/aromatic N) is 2. The molecule has 2 heterocycles. The van der Waals surface area contributed by atoms with Crippen molar-refractivity contribution in [3.05, 3.63) is 100 Å². The second-order valence-electron chi connectivity index (χ2n) is 12.7. The van der Waals surface area contributed by atoms with Gasteiger partial charge in [0.15, 0.2) is 0 Å². The quantitative estimate of drug-likeness (QED) is 0.254. The lowest BCUT2D eigenvalue weighted by Gasteiger charge is -2.44. The number of phenols is 3. The van der Waals surface area contributed by atoms with E-state index in [2.05, 4.69) is 0 Å². The number of aromatic hydroxyl groups is 3. The van der Waals surface area contributed by atoms with E-state index in [9.17, 15) is 34.5 Å². The van der Waals surface area contributed by atoms with Crippen LogP contribution in [0.15, 0.2) is 78.4 Å². The van der Waals surface area contributed by atoms with E-state index < -0.39 is 35.5 Å². The van der Waals surface area contributed by atoms with Crippen molar-refractivity contribution in [2.45, 2.75) is 31.6 Å². The average Bonchev–Trinajstić information content (AvgIpc) is 3.44. The Hall–Kier alpha value is -4.63. The minimum absolute atomic E-state index is 0.0519. The van der Waals surface area contributed by atoms with Crippen LogP contribution in [0.5, 0.6) is 17.2 Å². The third kappa shape index (κ3) is 5.03. The zero-order valence-corrected chi connectivity index (χ0v) is 25.6. The van der Waals surface area contributed by atoms with E-state index >= 15 is 0 Å². The third-order valence-electron chi connectivity index (χ3n) is 10.3. The number of allylic oxidation sites excluding steroid dienone is 2. The number of carbonyl (C=O) groups excluding carboxylic acids is 4. The van der Waals surface area contributed by atoms with Crippen molar-refractivity contribution in [2.24, 2.45) is 29.6 Å².